The van der Waals surface area contributed by atoms with Gasteiger partial charge in [0.15, 0.2) is 0 Å². The molecule has 0 saturated heterocycles. The maximum absolute atomic E-state index is 12.1. The van der Waals surface area contributed by atoms with Crippen LogP contribution in [-0.4, -0.2) is 55.0 Å². The first-order valence-corrected chi connectivity index (χ1v) is 6.87. The van der Waals surface area contributed by atoms with Crippen LogP contribution in [0.2, 0.25) is 0 Å². The molecule has 0 aliphatic carbocycles. The predicted molar refractivity (Wildman–Crippen MR) is 81.9 cm³/mol. The maximum Gasteiger partial charge on any atom is 0.277 e. The third-order valence-electron chi connectivity index (χ3n) is 3.28. The van der Waals surface area contributed by atoms with Gasteiger partial charge in [0.05, 0.1) is 25.8 Å². The summed E-state index contributed by atoms with van der Waals surface area (Å²) in [4.78, 5) is 36.5. The molecule has 0 atom stereocenters. The van der Waals surface area contributed by atoms with Crippen molar-refractivity contribution < 1.29 is 24.2 Å². The van der Waals surface area contributed by atoms with Gasteiger partial charge in [-0.15, -0.1) is 0 Å². The molecule has 1 aromatic rings. The number of rotatable bonds is 6. The Morgan fingerprint density at radius 2 is 2.09 bits per heavy atom. The van der Waals surface area contributed by atoms with Gasteiger partial charge in [0, 0.05) is 18.8 Å². The lowest BCUT2D eigenvalue weighted by Crippen LogP contribution is -2.34. The average Bonchev–Trinajstić information content (AvgIpc) is 2.82. The first-order valence-electron chi connectivity index (χ1n) is 6.87. The van der Waals surface area contributed by atoms with Crippen LogP contribution in [0, 0.1) is 0 Å². The van der Waals surface area contributed by atoms with Crippen LogP contribution >= 0.6 is 0 Å². The van der Waals surface area contributed by atoms with E-state index in [-0.39, 0.29) is 24.8 Å². The molecule has 0 aromatic heterocycles. The molecule has 23 heavy (non-hydrogen) atoms. The van der Waals surface area contributed by atoms with Crippen LogP contribution in [0.5, 0.6) is 5.75 Å². The Labute approximate surface area is 132 Å². The van der Waals surface area contributed by atoms with Crippen molar-refractivity contribution in [3.8, 4) is 5.75 Å². The maximum atomic E-state index is 12.1. The van der Waals surface area contributed by atoms with Crippen molar-refractivity contribution in [3.05, 3.63) is 35.5 Å². The molecular weight excluding hydrogens is 302 g/mol. The molecule has 0 saturated carbocycles. The number of anilines is 1. The van der Waals surface area contributed by atoms with Gasteiger partial charge < -0.3 is 20.5 Å². The second-order valence-electron chi connectivity index (χ2n) is 4.70. The SMILES string of the molecule is CNC(=O)c1cc(NC2=CC(=O)N(CCO)C2=O)ccc1OC. The quantitative estimate of drug-likeness (QED) is 0.622. The van der Waals surface area contributed by atoms with Crippen molar-refractivity contribution in [3.63, 3.8) is 0 Å². The Balaban J connectivity index is 2.24. The number of hydrogen-bond donors (Lipinski definition) is 3. The summed E-state index contributed by atoms with van der Waals surface area (Å²) in [6.07, 6.45) is 1.15. The van der Waals surface area contributed by atoms with Crippen LogP contribution in [0.4, 0.5) is 5.69 Å². The monoisotopic (exact) mass is 319 g/mol. The number of amides is 3. The van der Waals surface area contributed by atoms with E-state index >= 15 is 0 Å². The Hall–Kier alpha value is -2.87. The second kappa shape index (κ2) is 6.93. The molecule has 1 heterocycles. The van der Waals surface area contributed by atoms with Crippen LogP contribution in [0.25, 0.3) is 0 Å². The average molecular weight is 319 g/mol. The third-order valence-corrected chi connectivity index (χ3v) is 3.28. The van der Waals surface area contributed by atoms with Crippen molar-refractivity contribution in [1.82, 2.24) is 10.2 Å². The largest absolute Gasteiger partial charge is 0.496 e. The highest BCUT2D eigenvalue weighted by Crippen LogP contribution is 2.24. The molecule has 0 radical (unpaired) electrons. The number of aliphatic hydroxyl groups is 1. The summed E-state index contributed by atoms with van der Waals surface area (Å²) >= 11 is 0. The van der Waals surface area contributed by atoms with E-state index in [9.17, 15) is 14.4 Å². The summed E-state index contributed by atoms with van der Waals surface area (Å²) in [5.41, 5.74) is 0.837. The zero-order valence-electron chi connectivity index (χ0n) is 12.8. The predicted octanol–water partition coefficient (Wildman–Crippen LogP) is -0.288. The molecule has 122 valence electrons. The number of ether oxygens (including phenoxy) is 1. The van der Waals surface area contributed by atoms with Gasteiger partial charge in [-0.05, 0) is 18.2 Å². The molecule has 1 aliphatic heterocycles. The van der Waals surface area contributed by atoms with E-state index in [2.05, 4.69) is 10.6 Å². The van der Waals surface area contributed by atoms with E-state index in [4.69, 9.17) is 9.84 Å². The zero-order chi connectivity index (χ0) is 17.0. The highest BCUT2D eigenvalue weighted by molar-refractivity contribution is 6.17. The molecule has 3 N–H and O–H groups in total. The van der Waals surface area contributed by atoms with Gasteiger partial charge in [-0.3, -0.25) is 19.3 Å². The van der Waals surface area contributed by atoms with Crippen molar-refractivity contribution in [2.24, 2.45) is 0 Å². The summed E-state index contributed by atoms with van der Waals surface area (Å²) in [5, 5.41) is 14.2. The van der Waals surface area contributed by atoms with Gasteiger partial charge in [0.1, 0.15) is 11.4 Å². The molecule has 0 spiro atoms. The van der Waals surface area contributed by atoms with Gasteiger partial charge in [0.25, 0.3) is 17.7 Å². The number of nitrogens with one attached hydrogen (secondary N) is 2. The number of β-amino-alcohol motifs (C(OH)–C–C–N with tert-alkyl or cyclic N) is 1. The molecule has 0 bridgehead atoms. The van der Waals surface area contributed by atoms with Crippen molar-refractivity contribution in [2.75, 3.05) is 32.6 Å². The number of methoxy groups -OCH3 is 1. The Morgan fingerprint density at radius 3 is 2.70 bits per heavy atom. The fourth-order valence-corrected chi connectivity index (χ4v) is 2.16. The summed E-state index contributed by atoms with van der Waals surface area (Å²) < 4.78 is 5.12. The van der Waals surface area contributed by atoms with E-state index < -0.39 is 11.8 Å². The van der Waals surface area contributed by atoms with Crippen LogP contribution in [0.15, 0.2) is 30.0 Å². The minimum Gasteiger partial charge on any atom is -0.496 e. The van der Waals surface area contributed by atoms with Crippen molar-refractivity contribution >= 4 is 23.4 Å². The lowest BCUT2D eigenvalue weighted by molar-refractivity contribution is -0.137. The zero-order valence-corrected chi connectivity index (χ0v) is 12.8. The lowest BCUT2D eigenvalue weighted by Gasteiger charge is -2.14. The Kier molecular flexibility index (Phi) is 4.97. The van der Waals surface area contributed by atoms with Gasteiger partial charge in [0.2, 0.25) is 0 Å². The van der Waals surface area contributed by atoms with E-state index in [1.165, 1.54) is 20.2 Å². The smallest absolute Gasteiger partial charge is 0.277 e. The Bertz CT molecular complexity index is 684. The van der Waals surface area contributed by atoms with Crippen LogP contribution in [-0.2, 0) is 9.59 Å². The summed E-state index contributed by atoms with van der Waals surface area (Å²) in [6, 6.07) is 4.73. The number of benzene rings is 1. The first kappa shape index (κ1) is 16.5. The summed E-state index contributed by atoms with van der Waals surface area (Å²) in [5.74, 6) is -0.970. The Morgan fingerprint density at radius 1 is 1.35 bits per heavy atom. The van der Waals surface area contributed by atoms with E-state index in [1.807, 2.05) is 0 Å². The number of hydrogen-bond acceptors (Lipinski definition) is 6. The van der Waals surface area contributed by atoms with Gasteiger partial charge in [-0.25, -0.2) is 0 Å². The number of carbonyl (C=O) groups is 3. The standard InChI is InChI=1S/C15H17N3O5/c1-16-14(21)10-7-9(3-4-12(10)23-2)17-11-8-13(20)18(5-6-19)15(11)22/h3-4,7-8,17,19H,5-6H2,1-2H3,(H,16,21). The summed E-state index contributed by atoms with van der Waals surface area (Å²) in [7, 11) is 2.94. The minimum atomic E-state index is -0.527. The fraction of sp³-hybridized carbons (Fsp3) is 0.267. The van der Waals surface area contributed by atoms with Crippen LogP contribution < -0.4 is 15.4 Å². The normalized spacial score (nSPS) is 13.9. The van der Waals surface area contributed by atoms with Crippen LogP contribution in [0.1, 0.15) is 10.4 Å². The number of carbonyl (C=O) groups excluding carboxylic acids is 3. The first-order chi connectivity index (χ1) is 11.0. The molecule has 8 heteroatoms. The minimum absolute atomic E-state index is 0.0640. The molecule has 8 nitrogen and oxygen atoms in total. The number of imide groups is 1. The lowest BCUT2D eigenvalue weighted by atomic mass is 10.1. The molecular formula is C15H17N3O5. The van der Waals surface area contributed by atoms with E-state index in [0.29, 0.717) is 17.0 Å². The van der Waals surface area contributed by atoms with Crippen molar-refractivity contribution in [1.29, 1.82) is 0 Å². The molecule has 0 fully saturated rings. The summed E-state index contributed by atoms with van der Waals surface area (Å²) in [6.45, 7) is -0.368. The highest BCUT2D eigenvalue weighted by Gasteiger charge is 2.30. The van der Waals surface area contributed by atoms with Crippen molar-refractivity contribution in [2.45, 2.75) is 0 Å². The van der Waals surface area contributed by atoms with E-state index in [1.54, 1.807) is 12.1 Å². The third kappa shape index (κ3) is 3.32. The van der Waals surface area contributed by atoms with Gasteiger partial charge in [-0.1, -0.05) is 0 Å². The number of aliphatic hydroxyl groups excluding tert-OH is 1. The van der Waals surface area contributed by atoms with Gasteiger partial charge in [-0.2, -0.15) is 0 Å². The second-order valence-corrected chi connectivity index (χ2v) is 4.70. The topological polar surface area (TPSA) is 108 Å². The molecule has 1 aromatic carbocycles. The molecule has 0 unspecified atom stereocenters. The number of nitrogens with zero attached hydrogens (tertiary/aromatic N) is 1. The van der Waals surface area contributed by atoms with Gasteiger partial charge >= 0.3 is 0 Å². The molecule has 1 aliphatic rings. The van der Waals surface area contributed by atoms with E-state index in [0.717, 1.165) is 11.0 Å². The van der Waals surface area contributed by atoms with Crippen LogP contribution in [0.3, 0.4) is 0 Å². The highest BCUT2D eigenvalue weighted by atomic mass is 16.5. The molecule has 3 amide bonds. The molecule has 2 rings (SSSR count). The fourth-order valence-electron chi connectivity index (χ4n) is 2.16.